The molecule has 0 radical (unpaired) electrons. The van der Waals surface area contributed by atoms with Crippen molar-refractivity contribution in [3.63, 3.8) is 0 Å². The predicted molar refractivity (Wildman–Crippen MR) is 130 cm³/mol. The van der Waals surface area contributed by atoms with Gasteiger partial charge in [0.25, 0.3) is 0 Å². The molecule has 0 aliphatic carbocycles. The van der Waals surface area contributed by atoms with Crippen LogP contribution in [0.3, 0.4) is 0 Å². The second-order valence-electron chi connectivity index (χ2n) is 8.14. The third-order valence-corrected chi connectivity index (χ3v) is 6.74. The Hall–Kier alpha value is -4.01. The quantitative estimate of drug-likeness (QED) is 0.369. The molecule has 0 fully saturated rings. The highest BCUT2D eigenvalue weighted by molar-refractivity contribution is 7.90. The number of esters is 1. The average Bonchev–Trinajstić information content (AvgIpc) is 2.86. The molecule has 2 N–H and O–H groups in total. The number of sulfone groups is 1. The number of fused-ring (bicyclic) bond motifs is 1. The lowest BCUT2D eigenvalue weighted by molar-refractivity contribution is 0.0472. The molecule has 1 atom stereocenters. The third kappa shape index (κ3) is 5.56. The van der Waals surface area contributed by atoms with Crippen LogP contribution in [0.25, 0.3) is 10.8 Å². The van der Waals surface area contributed by atoms with Gasteiger partial charge >= 0.3 is 11.9 Å². The molecule has 0 aromatic heterocycles. The van der Waals surface area contributed by atoms with Gasteiger partial charge in [0.1, 0.15) is 12.7 Å². The summed E-state index contributed by atoms with van der Waals surface area (Å²) in [7, 11) is -3.30. The number of aliphatic hydroxyl groups excluding tert-OH is 1. The maximum atomic E-state index is 12.6. The molecule has 0 bridgehead atoms. The van der Waals surface area contributed by atoms with E-state index in [-0.39, 0.29) is 17.1 Å². The molecular formula is C27H22O7S. The molecule has 178 valence electrons. The largest absolute Gasteiger partial charge is 0.478 e. The van der Waals surface area contributed by atoms with Crippen LogP contribution in [0.5, 0.6) is 0 Å². The number of carboxylic acid groups (broad SMARTS) is 1. The Kier molecular flexibility index (Phi) is 6.68. The molecule has 0 saturated heterocycles. The van der Waals surface area contributed by atoms with Gasteiger partial charge in [-0.05, 0) is 69.9 Å². The van der Waals surface area contributed by atoms with Gasteiger partial charge in [-0.3, -0.25) is 0 Å². The summed E-state index contributed by atoms with van der Waals surface area (Å²) in [5.74, 6) is -1.57. The van der Waals surface area contributed by atoms with E-state index < -0.39 is 27.9 Å². The topological polar surface area (TPSA) is 118 Å². The van der Waals surface area contributed by atoms with Crippen molar-refractivity contribution in [1.29, 1.82) is 0 Å². The minimum absolute atomic E-state index is 0.00793. The van der Waals surface area contributed by atoms with Gasteiger partial charge in [0, 0.05) is 6.26 Å². The van der Waals surface area contributed by atoms with E-state index in [9.17, 15) is 23.1 Å². The highest BCUT2D eigenvalue weighted by atomic mass is 32.2. The minimum atomic E-state index is -3.30. The van der Waals surface area contributed by atoms with Crippen molar-refractivity contribution >= 4 is 32.5 Å². The van der Waals surface area contributed by atoms with E-state index in [0.717, 1.165) is 17.0 Å². The number of aliphatic hydroxyl groups is 1. The van der Waals surface area contributed by atoms with Gasteiger partial charge in [0.15, 0.2) is 9.84 Å². The number of carbonyl (C=O) groups is 2. The third-order valence-electron chi connectivity index (χ3n) is 5.61. The fourth-order valence-electron chi connectivity index (χ4n) is 3.63. The lowest BCUT2D eigenvalue weighted by atomic mass is 9.97. The molecule has 35 heavy (non-hydrogen) atoms. The summed E-state index contributed by atoms with van der Waals surface area (Å²) in [6.07, 6.45) is 0.161. The monoisotopic (exact) mass is 490 g/mol. The number of aromatic carboxylic acids is 1. The van der Waals surface area contributed by atoms with Crippen LogP contribution in [-0.4, -0.2) is 36.8 Å². The van der Waals surface area contributed by atoms with E-state index in [1.54, 1.807) is 54.6 Å². The smallest absolute Gasteiger partial charge is 0.338 e. The van der Waals surface area contributed by atoms with Gasteiger partial charge in [-0.25, -0.2) is 18.0 Å². The first kappa shape index (κ1) is 24.1. The molecular weight excluding hydrogens is 468 g/mol. The highest BCUT2D eigenvalue weighted by Crippen LogP contribution is 2.27. The second kappa shape index (κ2) is 9.69. The fraction of sp³-hybridized carbons (Fsp3) is 0.111. The van der Waals surface area contributed by atoms with Gasteiger partial charge in [-0.2, -0.15) is 0 Å². The Balaban J connectivity index is 1.50. The second-order valence-corrected chi connectivity index (χ2v) is 10.2. The SMILES string of the molecule is CS(=O)(=O)c1ccc(COC(=O)c2ccc3ccc(C(O)c4ccc(C(=O)O)cc4)cc3c2)cc1. The van der Waals surface area contributed by atoms with Crippen LogP contribution in [0, 0.1) is 0 Å². The van der Waals surface area contributed by atoms with Crippen molar-refractivity contribution in [3.8, 4) is 0 Å². The molecule has 0 amide bonds. The van der Waals surface area contributed by atoms with Gasteiger partial charge in [0.05, 0.1) is 16.0 Å². The molecule has 0 spiro atoms. The van der Waals surface area contributed by atoms with Crippen LogP contribution >= 0.6 is 0 Å². The summed E-state index contributed by atoms with van der Waals surface area (Å²) in [6, 6.07) is 22.6. The van der Waals surface area contributed by atoms with Crippen molar-refractivity contribution < 1.29 is 33.0 Å². The van der Waals surface area contributed by atoms with E-state index >= 15 is 0 Å². The Morgan fingerprint density at radius 2 is 1.40 bits per heavy atom. The Morgan fingerprint density at radius 3 is 2.03 bits per heavy atom. The molecule has 0 saturated carbocycles. The molecule has 4 aromatic carbocycles. The van der Waals surface area contributed by atoms with Crippen molar-refractivity contribution in [2.45, 2.75) is 17.6 Å². The van der Waals surface area contributed by atoms with E-state index in [1.807, 2.05) is 6.07 Å². The molecule has 0 heterocycles. The molecule has 0 aliphatic rings. The Labute approximate surface area is 202 Å². The van der Waals surface area contributed by atoms with Gasteiger partial charge < -0.3 is 14.9 Å². The standard InChI is InChI=1S/C27H22O7S/c1-35(32,33)24-12-2-17(3-13-24)16-34-27(31)22-11-5-18-4-10-21(14-23(18)15-22)25(28)19-6-8-20(9-7-19)26(29)30/h2-15,25,28H,16H2,1H3,(H,29,30). The van der Waals surface area contributed by atoms with Crippen LogP contribution in [0.1, 0.15) is 43.5 Å². The maximum absolute atomic E-state index is 12.6. The predicted octanol–water partition coefficient (Wildman–Crippen LogP) is 4.38. The summed E-state index contributed by atoms with van der Waals surface area (Å²) < 4.78 is 28.5. The number of rotatable bonds is 7. The minimum Gasteiger partial charge on any atom is -0.478 e. The number of hydrogen-bond acceptors (Lipinski definition) is 6. The van der Waals surface area contributed by atoms with E-state index in [4.69, 9.17) is 9.84 Å². The summed E-state index contributed by atoms with van der Waals surface area (Å²) in [5.41, 5.74) is 2.27. The Bertz CT molecular complexity index is 1510. The maximum Gasteiger partial charge on any atom is 0.338 e. The van der Waals surface area contributed by atoms with Gasteiger partial charge in [-0.15, -0.1) is 0 Å². The van der Waals surface area contributed by atoms with E-state index in [0.29, 0.717) is 22.3 Å². The zero-order valence-corrected chi connectivity index (χ0v) is 19.5. The van der Waals surface area contributed by atoms with Gasteiger partial charge in [-0.1, -0.05) is 42.5 Å². The first-order valence-electron chi connectivity index (χ1n) is 10.6. The lowest BCUT2D eigenvalue weighted by Gasteiger charge is -2.13. The fourth-order valence-corrected chi connectivity index (χ4v) is 4.26. The van der Waals surface area contributed by atoms with Crippen LogP contribution in [0.2, 0.25) is 0 Å². The summed E-state index contributed by atoms with van der Waals surface area (Å²) in [5, 5.41) is 21.4. The lowest BCUT2D eigenvalue weighted by Crippen LogP contribution is -2.06. The van der Waals surface area contributed by atoms with E-state index in [1.165, 1.54) is 24.3 Å². The van der Waals surface area contributed by atoms with Crippen molar-refractivity contribution in [1.82, 2.24) is 0 Å². The van der Waals surface area contributed by atoms with Crippen LogP contribution in [0.4, 0.5) is 0 Å². The molecule has 8 heteroatoms. The average molecular weight is 491 g/mol. The van der Waals surface area contributed by atoms with Crippen LogP contribution in [-0.2, 0) is 21.2 Å². The van der Waals surface area contributed by atoms with Crippen molar-refractivity contribution in [2.24, 2.45) is 0 Å². The summed E-state index contributed by atoms with van der Waals surface area (Å²) in [4.78, 5) is 23.8. The molecule has 1 unspecified atom stereocenters. The van der Waals surface area contributed by atoms with Crippen molar-refractivity contribution in [3.05, 3.63) is 113 Å². The number of carbonyl (C=O) groups excluding carboxylic acids is 1. The van der Waals surface area contributed by atoms with E-state index in [2.05, 4.69) is 0 Å². The molecule has 4 rings (SSSR count). The first-order chi connectivity index (χ1) is 16.6. The normalized spacial score (nSPS) is 12.3. The zero-order chi connectivity index (χ0) is 25.2. The summed E-state index contributed by atoms with van der Waals surface area (Å²) in [6.45, 7) is -0.00793. The van der Waals surface area contributed by atoms with Crippen LogP contribution < -0.4 is 0 Å². The van der Waals surface area contributed by atoms with Crippen molar-refractivity contribution in [2.75, 3.05) is 6.26 Å². The number of benzene rings is 4. The number of carboxylic acids is 1. The highest BCUT2D eigenvalue weighted by Gasteiger charge is 2.14. The van der Waals surface area contributed by atoms with Crippen LogP contribution in [0.15, 0.2) is 89.8 Å². The molecule has 4 aromatic rings. The zero-order valence-electron chi connectivity index (χ0n) is 18.7. The summed E-state index contributed by atoms with van der Waals surface area (Å²) >= 11 is 0. The van der Waals surface area contributed by atoms with Gasteiger partial charge in [0.2, 0.25) is 0 Å². The molecule has 7 nitrogen and oxygen atoms in total. The first-order valence-corrected chi connectivity index (χ1v) is 12.5. The molecule has 0 aliphatic heterocycles. The number of hydrogen-bond donors (Lipinski definition) is 2. The Morgan fingerprint density at radius 1 is 0.800 bits per heavy atom. The number of ether oxygens (including phenoxy) is 1.